The van der Waals surface area contributed by atoms with Crippen LogP contribution in [0.4, 0.5) is 0 Å². The van der Waals surface area contributed by atoms with E-state index in [2.05, 4.69) is 44.9 Å². The van der Waals surface area contributed by atoms with Gasteiger partial charge in [-0.25, -0.2) is 0 Å². The molecule has 1 saturated heterocycles. The van der Waals surface area contributed by atoms with Crippen molar-refractivity contribution in [3.8, 4) is 0 Å². The summed E-state index contributed by atoms with van der Waals surface area (Å²) in [7, 11) is 2.13. The van der Waals surface area contributed by atoms with Gasteiger partial charge in [0.1, 0.15) is 0 Å². The van der Waals surface area contributed by atoms with Crippen LogP contribution in [0.25, 0.3) is 0 Å². The van der Waals surface area contributed by atoms with Crippen LogP contribution in [-0.4, -0.2) is 36.8 Å². The maximum absolute atomic E-state index is 5.32. The molecule has 106 valence electrons. The Labute approximate surface area is 117 Å². The zero-order valence-electron chi connectivity index (χ0n) is 12.4. The van der Waals surface area contributed by atoms with E-state index in [9.17, 15) is 0 Å². The summed E-state index contributed by atoms with van der Waals surface area (Å²) in [5.41, 5.74) is 0.508. The molecule has 0 bridgehead atoms. The van der Waals surface area contributed by atoms with E-state index >= 15 is 0 Å². The number of hydrogen-bond donors (Lipinski definition) is 1. The first-order valence-electron chi connectivity index (χ1n) is 7.47. The molecule has 2 rings (SSSR count). The Hall–Kier alpha value is 0.270. The second-order valence-electron chi connectivity index (χ2n) is 6.58. The topological polar surface area (TPSA) is 21.3 Å². The Bertz CT molecular complexity index is 265. The van der Waals surface area contributed by atoms with E-state index in [1.54, 1.807) is 0 Å². The summed E-state index contributed by atoms with van der Waals surface area (Å²) in [5.74, 6) is 0.894. The van der Waals surface area contributed by atoms with E-state index in [1.807, 2.05) is 0 Å². The van der Waals surface area contributed by atoms with E-state index in [0.29, 0.717) is 11.5 Å². The lowest BCUT2D eigenvalue weighted by atomic mass is 9.68. The van der Waals surface area contributed by atoms with Crippen LogP contribution in [0.3, 0.4) is 0 Å². The first-order valence-corrected chi connectivity index (χ1v) is 8.41. The molecule has 1 saturated carbocycles. The van der Waals surface area contributed by atoms with Crippen molar-refractivity contribution in [2.24, 2.45) is 11.3 Å². The molecule has 0 amide bonds. The summed E-state index contributed by atoms with van der Waals surface area (Å²) in [5, 5.41) is 5.08. The van der Waals surface area contributed by atoms with Crippen LogP contribution in [0, 0.1) is 11.3 Å². The molecule has 0 radical (unpaired) electrons. The van der Waals surface area contributed by atoms with Gasteiger partial charge in [-0.15, -0.1) is 11.8 Å². The molecule has 2 fully saturated rings. The van der Waals surface area contributed by atoms with Crippen LogP contribution in [-0.2, 0) is 4.74 Å². The second kappa shape index (κ2) is 6.15. The van der Waals surface area contributed by atoms with Gasteiger partial charge in [0.25, 0.3) is 0 Å². The summed E-state index contributed by atoms with van der Waals surface area (Å²) >= 11 is 2.18. The van der Waals surface area contributed by atoms with E-state index < -0.39 is 0 Å². The van der Waals surface area contributed by atoms with Gasteiger partial charge < -0.3 is 10.1 Å². The summed E-state index contributed by atoms with van der Waals surface area (Å²) in [6.07, 6.45) is 5.42. The van der Waals surface area contributed by atoms with Gasteiger partial charge in [-0.1, -0.05) is 27.2 Å². The highest BCUT2D eigenvalue weighted by Gasteiger charge is 2.38. The molecule has 0 spiro atoms. The molecule has 0 aromatic rings. The molecule has 1 N–H and O–H groups in total. The van der Waals surface area contributed by atoms with Crippen molar-refractivity contribution < 1.29 is 4.74 Å². The van der Waals surface area contributed by atoms with Crippen molar-refractivity contribution in [3.05, 3.63) is 0 Å². The zero-order valence-corrected chi connectivity index (χ0v) is 13.2. The quantitative estimate of drug-likeness (QED) is 0.829. The predicted molar refractivity (Wildman–Crippen MR) is 80.2 cm³/mol. The standard InChI is InChI=1S/C15H29NOS/c1-5-15(2,3)11-6-7-13(16-4)14(8-11)18-12-9-17-10-12/h11-14,16H,5-10H2,1-4H3. The maximum atomic E-state index is 5.32. The van der Waals surface area contributed by atoms with Crippen molar-refractivity contribution in [3.63, 3.8) is 0 Å². The van der Waals surface area contributed by atoms with Crippen molar-refractivity contribution in [1.29, 1.82) is 0 Å². The van der Waals surface area contributed by atoms with Crippen LogP contribution < -0.4 is 5.32 Å². The fraction of sp³-hybridized carbons (Fsp3) is 1.00. The lowest BCUT2D eigenvalue weighted by Gasteiger charge is -2.44. The molecule has 1 aliphatic heterocycles. The van der Waals surface area contributed by atoms with E-state index in [1.165, 1.54) is 25.7 Å². The van der Waals surface area contributed by atoms with Gasteiger partial charge in [-0.3, -0.25) is 0 Å². The molecule has 1 aliphatic carbocycles. The molecule has 2 nitrogen and oxygen atoms in total. The fourth-order valence-corrected chi connectivity index (χ4v) is 4.80. The SMILES string of the molecule is CCC(C)(C)C1CCC(NC)C(SC2COC2)C1. The molecule has 18 heavy (non-hydrogen) atoms. The van der Waals surface area contributed by atoms with Gasteiger partial charge in [-0.05, 0) is 37.6 Å². The highest BCUT2D eigenvalue weighted by molar-refractivity contribution is 8.00. The minimum Gasteiger partial charge on any atom is -0.379 e. The summed E-state index contributed by atoms with van der Waals surface area (Å²) in [6.45, 7) is 9.18. The van der Waals surface area contributed by atoms with Crippen molar-refractivity contribution in [2.75, 3.05) is 20.3 Å². The molecule has 3 atom stereocenters. The van der Waals surface area contributed by atoms with Gasteiger partial charge in [0.15, 0.2) is 0 Å². The summed E-state index contributed by atoms with van der Waals surface area (Å²) in [6, 6.07) is 0.708. The average molecular weight is 271 g/mol. The number of nitrogens with one attached hydrogen (secondary N) is 1. The van der Waals surface area contributed by atoms with Crippen LogP contribution in [0.2, 0.25) is 0 Å². The third kappa shape index (κ3) is 3.23. The molecule has 3 unspecified atom stereocenters. The Kier molecular flexibility index (Phi) is 5.01. The smallest absolute Gasteiger partial charge is 0.0608 e. The number of ether oxygens (including phenoxy) is 1. The van der Waals surface area contributed by atoms with E-state index in [0.717, 1.165) is 29.6 Å². The molecular formula is C15H29NOS. The lowest BCUT2D eigenvalue weighted by Crippen LogP contribution is -2.46. The molecule has 0 aromatic carbocycles. The highest BCUT2D eigenvalue weighted by Crippen LogP contribution is 2.44. The first kappa shape index (κ1) is 14.7. The first-order chi connectivity index (χ1) is 8.56. The molecule has 2 aliphatic rings. The largest absolute Gasteiger partial charge is 0.379 e. The predicted octanol–water partition coefficient (Wildman–Crippen LogP) is 3.31. The lowest BCUT2D eigenvalue weighted by molar-refractivity contribution is 0.0447. The Balaban J connectivity index is 1.94. The van der Waals surface area contributed by atoms with Crippen LogP contribution in [0.15, 0.2) is 0 Å². The third-order valence-electron chi connectivity index (χ3n) is 5.15. The molecule has 0 aromatic heterocycles. The Morgan fingerprint density at radius 2 is 2.00 bits per heavy atom. The van der Waals surface area contributed by atoms with Crippen LogP contribution in [0.5, 0.6) is 0 Å². The van der Waals surface area contributed by atoms with Crippen LogP contribution in [0.1, 0.15) is 46.5 Å². The van der Waals surface area contributed by atoms with Gasteiger partial charge in [0.05, 0.1) is 18.5 Å². The van der Waals surface area contributed by atoms with Gasteiger partial charge >= 0.3 is 0 Å². The zero-order chi connectivity index (χ0) is 13.2. The van der Waals surface area contributed by atoms with E-state index in [4.69, 9.17) is 4.74 Å². The van der Waals surface area contributed by atoms with E-state index in [-0.39, 0.29) is 0 Å². The van der Waals surface area contributed by atoms with Crippen molar-refractivity contribution in [2.45, 2.75) is 63.0 Å². The minimum atomic E-state index is 0.508. The normalized spacial score (nSPS) is 34.3. The van der Waals surface area contributed by atoms with Crippen molar-refractivity contribution >= 4 is 11.8 Å². The van der Waals surface area contributed by atoms with Crippen LogP contribution >= 0.6 is 11.8 Å². The number of rotatable bonds is 5. The second-order valence-corrected chi connectivity index (χ2v) is 8.13. The monoisotopic (exact) mass is 271 g/mol. The van der Waals surface area contributed by atoms with Gasteiger partial charge in [0, 0.05) is 11.3 Å². The highest BCUT2D eigenvalue weighted by atomic mass is 32.2. The number of thioether (sulfide) groups is 1. The number of hydrogen-bond acceptors (Lipinski definition) is 3. The van der Waals surface area contributed by atoms with Gasteiger partial charge in [-0.2, -0.15) is 0 Å². The Morgan fingerprint density at radius 1 is 1.28 bits per heavy atom. The maximum Gasteiger partial charge on any atom is 0.0608 e. The summed E-state index contributed by atoms with van der Waals surface area (Å²) < 4.78 is 5.32. The molecular weight excluding hydrogens is 242 g/mol. The molecule has 3 heteroatoms. The van der Waals surface area contributed by atoms with Crippen molar-refractivity contribution in [1.82, 2.24) is 5.32 Å². The minimum absolute atomic E-state index is 0.508. The average Bonchev–Trinajstić information content (AvgIpc) is 2.33. The fourth-order valence-electron chi connectivity index (χ4n) is 3.15. The molecule has 1 heterocycles. The Morgan fingerprint density at radius 3 is 2.50 bits per heavy atom. The third-order valence-corrected chi connectivity index (χ3v) is 6.68. The van der Waals surface area contributed by atoms with Gasteiger partial charge in [0.2, 0.25) is 0 Å². The summed E-state index contributed by atoms with van der Waals surface area (Å²) in [4.78, 5) is 0.